The molecule has 0 aliphatic carbocycles. The number of rotatable bonds is 3. The van der Waals surface area contributed by atoms with Crippen molar-refractivity contribution in [1.82, 2.24) is 19.6 Å². The van der Waals surface area contributed by atoms with Gasteiger partial charge in [-0.25, -0.2) is 0 Å². The van der Waals surface area contributed by atoms with E-state index in [4.69, 9.17) is 23.2 Å². The Hall–Kier alpha value is -1.37. The first-order valence-corrected chi connectivity index (χ1v) is 7.06. The van der Waals surface area contributed by atoms with Crippen molar-refractivity contribution in [2.45, 2.75) is 13.5 Å². The number of thiophene rings is 1. The van der Waals surface area contributed by atoms with Crippen LogP contribution in [0, 0.1) is 6.92 Å². The van der Waals surface area contributed by atoms with Gasteiger partial charge in [-0.15, -0.1) is 11.3 Å². The number of hydrogen-bond acceptors (Lipinski definition) is 5. The monoisotopic (exact) mass is 313 g/mol. The van der Waals surface area contributed by atoms with Crippen molar-refractivity contribution in [3.63, 3.8) is 0 Å². The highest BCUT2D eigenvalue weighted by Crippen LogP contribution is 2.25. The summed E-state index contributed by atoms with van der Waals surface area (Å²) < 4.78 is 2.41. The second-order valence-corrected chi connectivity index (χ2v) is 6.07. The third kappa shape index (κ3) is 2.39. The average molecular weight is 314 g/mol. The summed E-state index contributed by atoms with van der Waals surface area (Å²) in [7, 11) is 0. The average Bonchev–Trinajstić information content (AvgIpc) is 2.99. The molecule has 1 N–H and O–H groups in total. The number of hydrogen-bond donors (Lipinski definition) is 1. The summed E-state index contributed by atoms with van der Waals surface area (Å²) in [6.07, 6.45) is 1.45. The standard InChI is InChI=1S/C11H9Cl2N5S/c1-6-9(13)17-11-15-5-16-18(11)10(6)14-4-7-2-3-8(12)19-7/h2-3,5,14H,4H2,1H3. The number of nitrogens with one attached hydrogen (secondary N) is 1. The van der Waals surface area contributed by atoms with E-state index in [9.17, 15) is 0 Å². The lowest BCUT2D eigenvalue weighted by Gasteiger charge is -2.10. The topological polar surface area (TPSA) is 55.1 Å². The Morgan fingerprint density at radius 3 is 2.95 bits per heavy atom. The lowest BCUT2D eigenvalue weighted by atomic mass is 10.3. The summed E-state index contributed by atoms with van der Waals surface area (Å²) in [5.41, 5.74) is 0.835. The van der Waals surface area contributed by atoms with Gasteiger partial charge in [-0.2, -0.15) is 19.6 Å². The molecule has 3 aromatic heterocycles. The maximum Gasteiger partial charge on any atom is 0.255 e. The second-order valence-electron chi connectivity index (χ2n) is 3.91. The number of fused-ring (bicyclic) bond motifs is 1. The molecule has 0 amide bonds. The molecule has 0 atom stereocenters. The summed E-state index contributed by atoms with van der Waals surface area (Å²) >= 11 is 13.5. The predicted molar refractivity (Wildman–Crippen MR) is 77.2 cm³/mol. The zero-order valence-corrected chi connectivity index (χ0v) is 12.2. The molecule has 0 aliphatic heterocycles. The Morgan fingerprint density at radius 2 is 2.21 bits per heavy atom. The van der Waals surface area contributed by atoms with E-state index >= 15 is 0 Å². The molecule has 0 radical (unpaired) electrons. The Kier molecular flexibility index (Phi) is 3.30. The Morgan fingerprint density at radius 1 is 1.37 bits per heavy atom. The van der Waals surface area contributed by atoms with E-state index in [-0.39, 0.29) is 0 Å². The van der Waals surface area contributed by atoms with Gasteiger partial charge >= 0.3 is 0 Å². The van der Waals surface area contributed by atoms with Crippen LogP contribution in [0.15, 0.2) is 18.5 Å². The second kappa shape index (κ2) is 4.96. The molecule has 98 valence electrons. The van der Waals surface area contributed by atoms with Gasteiger partial charge in [0.1, 0.15) is 17.3 Å². The van der Waals surface area contributed by atoms with E-state index in [0.29, 0.717) is 17.5 Å². The summed E-state index contributed by atoms with van der Waals surface area (Å²) in [5.74, 6) is 1.26. The quantitative estimate of drug-likeness (QED) is 0.753. The minimum absolute atomic E-state index is 0.423. The molecule has 19 heavy (non-hydrogen) atoms. The molecule has 5 nitrogen and oxygen atoms in total. The van der Waals surface area contributed by atoms with E-state index in [2.05, 4.69) is 20.4 Å². The van der Waals surface area contributed by atoms with Gasteiger partial charge in [0.25, 0.3) is 5.78 Å². The van der Waals surface area contributed by atoms with Gasteiger partial charge in [-0.3, -0.25) is 0 Å². The minimum atomic E-state index is 0.423. The molecule has 0 bridgehead atoms. The molecule has 0 aliphatic rings. The van der Waals surface area contributed by atoms with Crippen molar-refractivity contribution in [3.8, 4) is 0 Å². The van der Waals surface area contributed by atoms with Crippen molar-refractivity contribution in [2.24, 2.45) is 0 Å². The highest BCUT2D eigenvalue weighted by molar-refractivity contribution is 7.16. The minimum Gasteiger partial charge on any atom is -0.365 e. The van der Waals surface area contributed by atoms with Crippen LogP contribution in [-0.4, -0.2) is 19.6 Å². The van der Waals surface area contributed by atoms with Gasteiger partial charge in [0, 0.05) is 10.4 Å². The van der Waals surface area contributed by atoms with Crippen LogP contribution >= 0.6 is 34.5 Å². The first-order valence-electron chi connectivity index (χ1n) is 5.49. The largest absolute Gasteiger partial charge is 0.365 e. The molecule has 0 saturated carbocycles. The summed E-state index contributed by atoms with van der Waals surface area (Å²) in [5, 5.41) is 7.86. The smallest absolute Gasteiger partial charge is 0.255 e. The zero-order chi connectivity index (χ0) is 13.4. The van der Waals surface area contributed by atoms with Crippen LogP contribution in [0.1, 0.15) is 10.4 Å². The molecule has 0 saturated heterocycles. The third-order valence-corrected chi connectivity index (χ3v) is 4.26. The van der Waals surface area contributed by atoms with Gasteiger partial charge in [-0.1, -0.05) is 23.2 Å². The van der Waals surface area contributed by atoms with Crippen LogP contribution < -0.4 is 5.32 Å². The van der Waals surface area contributed by atoms with Gasteiger partial charge in [0.05, 0.1) is 10.9 Å². The zero-order valence-electron chi connectivity index (χ0n) is 9.89. The molecule has 0 fully saturated rings. The van der Waals surface area contributed by atoms with E-state index in [1.165, 1.54) is 17.7 Å². The molecular formula is C11H9Cl2N5S. The third-order valence-electron chi connectivity index (χ3n) is 2.66. The summed E-state index contributed by atoms with van der Waals surface area (Å²) in [6.45, 7) is 2.54. The fourth-order valence-electron chi connectivity index (χ4n) is 1.72. The fraction of sp³-hybridized carbons (Fsp3) is 0.182. The van der Waals surface area contributed by atoms with Gasteiger partial charge < -0.3 is 5.32 Å². The molecular weight excluding hydrogens is 305 g/mol. The van der Waals surface area contributed by atoms with Crippen LogP contribution in [-0.2, 0) is 6.54 Å². The normalized spacial score (nSPS) is 11.1. The molecule has 0 unspecified atom stereocenters. The van der Waals surface area contributed by atoms with Gasteiger partial charge in [0.2, 0.25) is 0 Å². The lowest BCUT2D eigenvalue weighted by Crippen LogP contribution is -2.08. The van der Waals surface area contributed by atoms with Gasteiger partial charge in [-0.05, 0) is 19.1 Å². The molecule has 3 aromatic rings. The molecule has 0 spiro atoms. The van der Waals surface area contributed by atoms with E-state index in [1.54, 1.807) is 4.52 Å². The van der Waals surface area contributed by atoms with Gasteiger partial charge in [0.15, 0.2) is 0 Å². The summed E-state index contributed by atoms with van der Waals surface area (Å²) in [6, 6.07) is 3.86. The lowest BCUT2D eigenvalue weighted by molar-refractivity contribution is 0.917. The Labute approximate surface area is 123 Å². The molecule has 0 aromatic carbocycles. The first-order chi connectivity index (χ1) is 9.15. The van der Waals surface area contributed by atoms with Crippen LogP contribution in [0.5, 0.6) is 0 Å². The SMILES string of the molecule is Cc1c(Cl)nc2ncnn2c1NCc1ccc(Cl)s1. The molecule has 3 rings (SSSR count). The maximum atomic E-state index is 6.08. The van der Waals surface area contributed by atoms with E-state index in [0.717, 1.165) is 20.6 Å². The number of halogens is 2. The van der Waals surface area contributed by atoms with E-state index in [1.807, 2.05) is 19.1 Å². The fourth-order valence-corrected chi connectivity index (χ4v) is 2.92. The van der Waals surface area contributed by atoms with Crippen molar-refractivity contribution < 1.29 is 0 Å². The number of aromatic nitrogens is 4. The highest BCUT2D eigenvalue weighted by atomic mass is 35.5. The highest BCUT2D eigenvalue weighted by Gasteiger charge is 2.12. The van der Waals surface area contributed by atoms with Crippen molar-refractivity contribution in [3.05, 3.63) is 38.4 Å². The predicted octanol–water partition coefficient (Wildman–Crippen LogP) is 3.41. The Bertz CT molecular complexity index is 736. The molecule has 8 heteroatoms. The van der Waals surface area contributed by atoms with E-state index < -0.39 is 0 Å². The molecule has 3 heterocycles. The van der Waals surface area contributed by atoms with Crippen LogP contribution in [0.3, 0.4) is 0 Å². The Balaban J connectivity index is 1.95. The van der Waals surface area contributed by atoms with Crippen molar-refractivity contribution in [1.29, 1.82) is 0 Å². The van der Waals surface area contributed by atoms with Crippen LogP contribution in [0.4, 0.5) is 5.82 Å². The number of anilines is 1. The van der Waals surface area contributed by atoms with Crippen molar-refractivity contribution in [2.75, 3.05) is 5.32 Å². The first kappa shape index (κ1) is 12.7. The van der Waals surface area contributed by atoms with Crippen LogP contribution in [0.2, 0.25) is 9.49 Å². The maximum absolute atomic E-state index is 6.08. The van der Waals surface area contributed by atoms with Crippen LogP contribution in [0.25, 0.3) is 5.78 Å². The van der Waals surface area contributed by atoms with Crippen molar-refractivity contribution >= 4 is 46.1 Å². The summed E-state index contributed by atoms with van der Waals surface area (Å²) in [4.78, 5) is 9.32. The number of nitrogens with zero attached hydrogens (tertiary/aromatic N) is 4.